The van der Waals surface area contributed by atoms with Crippen LogP contribution in [0.2, 0.25) is 0 Å². The third-order valence-corrected chi connectivity index (χ3v) is 2.84. The maximum Gasteiger partial charge on any atom is 0.237 e. The van der Waals surface area contributed by atoms with Gasteiger partial charge in [-0.25, -0.2) is 0 Å². The van der Waals surface area contributed by atoms with Crippen molar-refractivity contribution in [3.8, 4) is 11.5 Å². The Bertz CT molecular complexity index is 447. The van der Waals surface area contributed by atoms with E-state index in [1.807, 2.05) is 39.0 Å². The van der Waals surface area contributed by atoms with Crippen molar-refractivity contribution in [1.82, 2.24) is 5.32 Å². The van der Waals surface area contributed by atoms with Crippen molar-refractivity contribution in [2.45, 2.75) is 39.8 Å². The van der Waals surface area contributed by atoms with Crippen LogP contribution in [0, 0.1) is 0 Å². The van der Waals surface area contributed by atoms with E-state index in [0.29, 0.717) is 24.7 Å². The Morgan fingerprint density at radius 2 is 1.80 bits per heavy atom. The number of nitrogens with two attached hydrogens (primary N) is 1. The van der Waals surface area contributed by atoms with Gasteiger partial charge in [-0.05, 0) is 45.4 Å². The van der Waals surface area contributed by atoms with Crippen LogP contribution in [0.5, 0.6) is 11.5 Å². The molecule has 1 aromatic carbocycles. The number of carbonyl (C=O) groups excluding carboxylic acids is 1. The van der Waals surface area contributed by atoms with Crippen molar-refractivity contribution >= 4 is 5.91 Å². The highest BCUT2D eigenvalue weighted by Crippen LogP contribution is 2.30. The lowest BCUT2D eigenvalue weighted by molar-refractivity contribution is -0.122. The monoisotopic (exact) mass is 280 g/mol. The van der Waals surface area contributed by atoms with Crippen LogP contribution in [0.3, 0.4) is 0 Å². The summed E-state index contributed by atoms with van der Waals surface area (Å²) in [5, 5.41) is 2.86. The van der Waals surface area contributed by atoms with Gasteiger partial charge in [-0.1, -0.05) is 6.07 Å². The fraction of sp³-hybridized carbons (Fsp3) is 0.533. The highest BCUT2D eigenvalue weighted by Gasteiger charge is 2.15. The van der Waals surface area contributed by atoms with E-state index in [2.05, 4.69) is 5.32 Å². The second-order valence-electron chi connectivity index (χ2n) is 4.59. The molecule has 1 amide bonds. The van der Waals surface area contributed by atoms with Crippen LogP contribution in [0.25, 0.3) is 0 Å². The lowest BCUT2D eigenvalue weighted by atomic mass is 10.1. The van der Waals surface area contributed by atoms with E-state index >= 15 is 0 Å². The maximum atomic E-state index is 11.6. The average Bonchev–Trinajstić information content (AvgIpc) is 2.41. The van der Waals surface area contributed by atoms with E-state index in [1.54, 1.807) is 6.92 Å². The van der Waals surface area contributed by atoms with Gasteiger partial charge in [0.05, 0.1) is 25.3 Å². The molecule has 0 saturated carbocycles. The Kier molecular flexibility index (Phi) is 6.31. The van der Waals surface area contributed by atoms with Crippen molar-refractivity contribution in [2.75, 3.05) is 13.2 Å². The Morgan fingerprint density at radius 1 is 1.20 bits per heavy atom. The average molecular weight is 280 g/mol. The van der Waals surface area contributed by atoms with Gasteiger partial charge in [-0.15, -0.1) is 0 Å². The lowest BCUT2D eigenvalue weighted by Crippen LogP contribution is -2.39. The number of rotatable bonds is 7. The summed E-state index contributed by atoms with van der Waals surface area (Å²) in [5.41, 5.74) is 6.50. The maximum absolute atomic E-state index is 11.6. The Hall–Kier alpha value is -1.75. The summed E-state index contributed by atoms with van der Waals surface area (Å²) in [7, 11) is 0. The minimum atomic E-state index is -0.522. The molecule has 0 radical (unpaired) electrons. The second kappa shape index (κ2) is 7.75. The van der Waals surface area contributed by atoms with Crippen LogP contribution in [-0.2, 0) is 4.79 Å². The molecule has 2 atom stereocenters. The smallest absolute Gasteiger partial charge is 0.237 e. The Morgan fingerprint density at radius 3 is 2.35 bits per heavy atom. The molecule has 0 aliphatic rings. The van der Waals surface area contributed by atoms with Gasteiger partial charge < -0.3 is 20.5 Å². The van der Waals surface area contributed by atoms with Gasteiger partial charge in [0.1, 0.15) is 0 Å². The van der Waals surface area contributed by atoms with Gasteiger partial charge in [0.2, 0.25) is 5.91 Å². The summed E-state index contributed by atoms with van der Waals surface area (Å²) in [4.78, 5) is 11.6. The molecule has 1 unspecified atom stereocenters. The summed E-state index contributed by atoms with van der Waals surface area (Å²) in [6.45, 7) is 8.55. The topological polar surface area (TPSA) is 73.6 Å². The van der Waals surface area contributed by atoms with Gasteiger partial charge >= 0.3 is 0 Å². The van der Waals surface area contributed by atoms with Crippen molar-refractivity contribution in [3.63, 3.8) is 0 Å². The van der Waals surface area contributed by atoms with Gasteiger partial charge in [0, 0.05) is 0 Å². The van der Waals surface area contributed by atoms with E-state index in [-0.39, 0.29) is 11.9 Å². The zero-order valence-electron chi connectivity index (χ0n) is 12.6. The molecule has 1 aromatic rings. The zero-order valence-corrected chi connectivity index (χ0v) is 12.6. The first-order chi connectivity index (χ1) is 9.49. The fourth-order valence-corrected chi connectivity index (χ4v) is 1.77. The van der Waals surface area contributed by atoms with E-state index in [9.17, 15) is 4.79 Å². The molecule has 0 aliphatic heterocycles. The van der Waals surface area contributed by atoms with Crippen LogP contribution >= 0.6 is 0 Å². The van der Waals surface area contributed by atoms with Crippen LogP contribution < -0.4 is 20.5 Å². The molecule has 20 heavy (non-hydrogen) atoms. The predicted molar refractivity (Wildman–Crippen MR) is 79.0 cm³/mol. The molecular formula is C15H24N2O3. The summed E-state index contributed by atoms with van der Waals surface area (Å²) < 4.78 is 11.1. The predicted octanol–water partition coefficient (Wildman–Crippen LogP) is 2.01. The van der Waals surface area contributed by atoms with Crippen molar-refractivity contribution in [3.05, 3.63) is 23.8 Å². The van der Waals surface area contributed by atoms with Gasteiger partial charge in [-0.3, -0.25) is 4.79 Å². The number of benzene rings is 1. The lowest BCUT2D eigenvalue weighted by Gasteiger charge is -2.18. The van der Waals surface area contributed by atoms with Crippen LogP contribution in [0.15, 0.2) is 18.2 Å². The van der Waals surface area contributed by atoms with E-state index < -0.39 is 6.04 Å². The molecule has 0 aliphatic carbocycles. The summed E-state index contributed by atoms with van der Waals surface area (Å²) in [5.74, 6) is 1.22. The highest BCUT2D eigenvalue weighted by molar-refractivity contribution is 5.81. The molecule has 0 bridgehead atoms. The molecule has 0 heterocycles. The molecule has 5 heteroatoms. The second-order valence-corrected chi connectivity index (χ2v) is 4.59. The summed E-state index contributed by atoms with van der Waals surface area (Å²) in [6, 6.07) is 5.01. The fourth-order valence-electron chi connectivity index (χ4n) is 1.77. The molecule has 5 nitrogen and oxygen atoms in total. The molecule has 112 valence electrons. The molecule has 0 aromatic heterocycles. The first kappa shape index (κ1) is 16.3. The number of nitrogens with one attached hydrogen (secondary N) is 1. The van der Waals surface area contributed by atoms with Crippen molar-refractivity contribution in [1.29, 1.82) is 0 Å². The first-order valence-corrected chi connectivity index (χ1v) is 6.95. The zero-order chi connectivity index (χ0) is 15.1. The quantitative estimate of drug-likeness (QED) is 0.801. The molecular weight excluding hydrogens is 256 g/mol. The number of amides is 1. The number of carbonyl (C=O) groups is 1. The number of hydrogen-bond donors (Lipinski definition) is 2. The van der Waals surface area contributed by atoms with Gasteiger partial charge in [-0.2, -0.15) is 0 Å². The van der Waals surface area contributed by atoms with Crippen LogP contribution in [0.4, 0.5) is 0 Å². The van der Waals surface area contributed by atoms with Crippen molar-refractivity contribution < 1.29 is 14.3 Å². The number of hydrogen-bond acceptors (Lipinski definition) is 4. The largest absolute Gasteiger partial charge is 0.490 e. The molecule has 3 N–H and O–H groups in total. The van der Waals surface area contributed by atoms with Crippen molar-refractivity contribution in [2.24, 2.45) is 5.73 Å². The van der Waals surface area contributed by atoms with Gasteiger partial charge in [0.15, 0.2) is 11.5 Å². The molecule has 1 rings (SSSR count). The minimum Gasteiger partial charge on any atom is -0.490 e. The minimum absolute atomic E-state index is 0.136. The Labute approximate surface area is 120 Å². The highest BCUT2D eigenvalue weighted by atomic mass is 16.5. The number of ether oxygens (including phenoxy) is 2. The van der Waals surface area contributed by atoms with E-state index in [1.165, 1.54) is 0 Å². The SMILES string of the molecule is CCOc1ccc(C(C)NC(=O)[C@@H](C)N)cc1OCC. The first-order valence-electron chi connectivity index (χ1n) is 6.95. The standard InChI is InChI=1S/C15H24N2O3/c1-5-19-13-8-7-12(9-14(13)20-6-2)11(4)17-15(18)10(3)16/h7-11H,5-6,16H2,1-4H3,(H,17,18)/t10-,11?/m1/s1. The summed E-state index contributed by atoms with van der Waals surface area (Å²) >= 11 is 0. The van der Waals surface area contributed by atoms with Crippen LogP contribution in [-0.4, -0.2) is 25.2 Å². The molecule has 0 saturated heterocycles. The molecule has 0 fully saturated rings. The van der Waals surface area contributed by atoms with Gasteiger partial charge in [0.25, 0.3) is 0 Å². The van der Waals surface area contributed by atoms with Crippen LogP contribution in [0.1, 0.15) is 39.3 Å². The summed E-state index contributed by atoms with van der Waals surface area (Å²) in [6.07, 6.45) is 0. The third kappa shape index (κ3) is 4.42. The van der Waals surface area contributed by atoms with E-state index in [4.69, 9.17) is 15.2 Å². The van der Waals surface area contributed by atoms with E-state index in [0.717, 1.165) is 5.56 Å². The Balaban J connectivity index is 2.89. The normalized spacial score (nSPS) is 13.4. The molecule has 0 spiro atoms. The third-order valence-electron chi connectivity index (χ3n) is 2.84.